The Morgan fingerprint density at radius 1 is 0.521 bits per heavy atom. The molecule has 0 amide bonds. The van der Waals surface area contributed by atoms with Crippen LogP contribution in [0.3, 0.4) is 0 Å². The molecule has 0 bridgehead atoms. The first-order chi connectivity index (χ1) is 23.0. The molecule has 4 heteroatoms. The van der Waals surface area contributed by atoms with Gasteiger partial charge in [-0.15, -0.1) is 17.2 Å². The molecule has 0 saturated carbocycles. The standard InChI is InChI=1S/C18H18.C8H11.3C6H6O.Ti/c1-15-7-11-17(12-8-15)5-3-4-6-18-13-9-16(2)10-14-18;1-8(2)6-4-3-5-7-8;3*7-6-4-2-1-3-5-6;/h3-14H,1-2H3;3-5H,6H2,1-2H3;3*1-5,7H;/q;;;;;+3/p-3. The fourth-order valence-corrected chi connectivity index (χ4v) is 4.12. The monoisotopic (exact) mass is 668 g/mol. The Balaban J connectivity index is 0.000000225. The zero-order valence-electron chi connectivity index (χ0n) is 28.3. The third kappa shape index (κ3) is 18.4. The van der Waals surface area contributed by atoms with Crippen molar-refractivity contribution in [3.8, 4) is 17.2 Å². The normalized spacial score (nSPS) is 12.5. The van der Waals surface area contributed by atoms with Gasteiger partial charge in [-0.2, -0.15) is 0 Å². The van der Waals surface area contributed by atoms with Gasteiger partial charge in [0.15, 0.2) is 0 Å². The maximum Gasteiger partial charge on any atom is -0.0256 e. The first-order valence-electron chi connectivity index (χ1n) is 15.8. The van der Waals surface area contributed by atoms with Gasteiger partial charge < -0.3 is 15.3 Å². The molecule has 48 heavy (non-hydrogen) atoms. The average molecular weight is 669 g/mol. The van der Waals surface area contributed by atoms with Gasteiger partial charge in [-0.3, -0.25) is 0 Å². The van der Waals surface area contributed by atoms with Crippen LogP contribution in [0.15, 0.2) is 174 Å². The van der Waals surface area contributed by atoms with Crippen LogP contribution in [0.25, 0.3) is 12.2 Å². The number of benzene rings is 5. The second-order valence-electron chi connectivity index (χ2n) is 11.6. The van der Waals surface area contributed by atoms with Gasteiger partial charge in [0.05, 0.1) is 0 Å². The quantitative estimate of drug-likeness (QED) is 0.142. The summed E-state index contributed by atoms with van der Waals surface area (Å²) in [5, 5.41) is 30.8. The minimum Gasteiger partial charge on any atom is -0.872 e. The molecule has 0 radical (unpaired) electrons. The third-order valence-electron chi connectivity index (χ3n) is 6.83. The molecule has 0 atom stereocenters. The van der Waals surface area contributed by atoms with Crippen LogP contribution in [0.5, 0.6) is 17.2 Å². The number of allylic oxidation sites excluding steroid dienone is 6. The van der Waals surface area contributed by atoms with Crippen molar-refractivity contribution in [2.24, 2.45) is 5.41 Å². The van der Waals surface area contributed by atoms with Crippen LogP contribution >= 0.6 is 0 Å². The molecule has 0 heterocycles. The maximum absolute atomic E-state index is 10.3. The molecule has 1 aliphatic rings. The Hall–Kier alpha value is -4.83. The van der Waals surface area contributed by atoms with Crippen molar-refractivity contribution in [2.45, 2.75) is 34.1 Å². The molecule has 0 unspecified atom stereocenters. The molecule has 0 N–H and O–H groups in total. The van der Waals surface area contributed by atoms with Crippen molar-refractivity contribution in [3.63, 3.8) is 0 Å². The van der Waals surface area contributed by atoms with E-state index < -0.39 is 0 Å². The zero-order chi connectivity index (χ0) is 35.0. The predicted molar refractivity (Wildman–Crippen MR) is 194 cm³/mol. The fourth-order valence-electron chi connectivity index (χ4n) is 3.81. The average Bonchev–Trinajstić information content (AvgIpc) is 3.08. The Kier molecular flexibility index (Phi) is 18.6. The fraction of sp³-hybridized carbons (Fsp3) is 0.136. The summed E-state index contributed by atoms with van der Waals surface area (Å²) in [5.41, 5.74) is 5.46. The van der Waals surface area contributed by atoms with Crippen LogP contribution in [0.1, 0.15) is 42.5 Å². The summed E-state index contributed by atoms with van der Waals surface area (Å²) >= 11 is 2.20. The number of rotatable bonds is 3. The Morgan fingerprint density at radius 3 is 1.08 bits per heavy atom. The van der Waals surface area contributed by atoms with Gasteiger partial charge in [0.1, 0.15) is 0 Å². The van der Waals surface area contributed by atoms with E-state index in [2.05, 4.69) is 139 Å². The van der Waals surface area contributed by atoms with E-state index in [0.29, 0.717) is 5.41 Å². The molecule has 0 aliphatic heterocycles. The van der Waals surface area contributed by atoms with Crippen LogP contribution in [0.4, 0.5) is 0 Å². The van der Waals surface area contributed by atoms with Gasteiger partial charge in [0.25, 0.3) is 0 Å². The topological polar surface area (TPSA) is 69.2 Å². The van der Waals surface area contributed by atoms with E-state index >= 15 is 0 Å². The van der Waals surface area contributed by atoms with Gasteiger partial charge in [0.2, 0.25) is 0 Å². The van der Waals surface area contributed by atoms with Crippen molar-refractivity contribution < 1.29 is 35.8 Å². The van der Waals surface area contributed by atoms with Crippen LogP contribution in [0.2, 0.25) is 0 Å². The summed E-state index contributed by atoms with van der Waals surface area (Å²) in [6, 6.07) is 42.0. The van der Waals surface area contributed by atoms with Gasteiger partial charge in [-0.05, 0) is 25.0 Å². The first kappa shape index (κ1) is 39.4. The number of hydrogen-bond donors (Lipinski definition) is 0. The smallest absolute Gasteiger partial charge is 0.0256 e. The summed E-state index contributed by atoms with van der Waals surface area (Å²) in [4.78, 5) is 0. The molecule has 3 nitrogen and oxygen atoms in total. The van der Waals surface area contributed by atoms with E-state index in [-0.39, 0.29) is 17.2 Å². The Morgan fingerprint density at radius 2 is 0.854 bits per heavy atom. The van der Waals surface area contributed by atoms with Crippen molar-refractivity contribution in [3.05, 3.63) is 196 Å². The first-order valence-corrected chi connectivity index (χ1v) is 16.6. The second kappa shape index (κ2) is 22.7. The van der Waals surface area contributed by atoms with Gasteiger partial charge in [-0.1, -0.05) is 175 Å². The molecular formula is C44H44O3Ti. The van der Waals surface area contributed by atoms with Crippen molar-refractivity contribution >= 4 is 12.2 Å². The Labute approximate surface area is 299 Å². The van der Waals surface area contributed by atoms with Crippen molar-refractivity contribution in [1.29, 1.82) is 0 Å². The van der Waals surface area contributed by atoms with E-state index in [9.17, 15) is 15.3 Å². The molecule has 5 aromatic carbocycles. The van der Waals surface area contributed by atoms with Crippen molar-refractivity contribution in [2.75, 3.05) is 0 Å². The SMILES string of the molecule is CC1(C)CC=CC=[C]1[Ti+3].Cc1ccc(C=CC=Cc2ccc(C)cc2)cc1.[O-]c1ccccc1.[O-]c1ccccc1.[O-]c1ccccc1. The number of hydrogen-bond acceptors (Lipinski definition) is 3. The molecule has 0 saturated heterocycles. The number of para-hydroxylation sites is 3. The summed E-state index contributed by atoms with van der Waals surface area (Å²) < 4.78 is 1.49. The van der Waals surface area contributed by atoms with Crippen LogP contribution in [-0.4, -0.2) is 0 Å². The molecule has 0 spiro atoms. The molecule has 5 aromatic rings. The third-order valence-corrected chi connectivity index (χ3v) is 8.15. The van der Waals surface area contributed by atoms with Gasteiger partial charge in [0, 0.05) is 0 Å². The largest absolute Gasteiger partial charge is 0.872 e. The number of aryl methyl sites for hydroxylation is 2. The molecular weight excluding hydrogens is 624 g/mol. The zero-order valence-corrected chi connectivity index (χ0v) is 29.8. The summed E-state index contributed by atoms with van der Waals surface area (Å²) in [5.74, 6) is 0.215. The van der Waals surface area contributed by atoms with E-state index in [1.165, 1.54) is 69.0 Å². The van der Waals surface area contributed by atoms with Crippen molar-refractivity contribution in [1.82, 2.24) is 0 Å². The molecule has 0 aromatic heterocycles. The van der Waals surface area contributed by atoms with E-state index in [1.54, 1.807) is 36.4 Å². The second-order valence-corrected chi connectivity index (χ2v) is 12.4. The summed E-state index contributed by atoms with van der Waals surface area (Å²) in [6.45, 7) is 8.76. The van der Waals surface area contributed by atoms with E-state index in [1.807, 2.05) is 18.2 Å². The van der Waals surface area contributed by atoms with Crippen LogP contribution in [0, 0.1) is 19.3 Å². The molecule has 242 valence electrons. The Bertz CT molecular complexity index is 1530. The molecule has 1 aliphatic carbocycles. The van der Waals surface area contributed by atoms with Crippen LogP contribution < -0.4 is 15.3 Å². The van der Waals surface area contributed by atoms with E-state index in [4.69, 9.17) is 0 Å². The van der Waals surface area contributed by atoms with E-state index in [0.717, 1.165) is 0 Å². The van der Waals surface area contributed by atoms with Crippen LogP contribution in [-0.2, 0) is 20.4 Å². The van der Waals surface area contributed by atoms with Gasteiger partial charge in [-0.25, -0.2) is 0 Å². The summed E-state index contributed by atoms with van der Waals surface area (Å²) in [6.07, 6.45) is 16.1. The summed E-state index contributed by atoms with van der Waals surface area (Å²) in [7, 11) is 0. The minimum atomic E-state index is 0.0718. The predicted octanol–water partition coefficient (Wildman–Crippen LogP) is 9.71. The molecule has 6 rings (SSSR count). The van der Waals surface area contributed by atoms with Gasteiger partial charge >= 0.3 is 68.2 Å². The minimum absolute atomic E-state index is 0.0718. The molecule has 0 fully saturated rings. The maximum atomic E-state index is 10.3.